The number of rotatable bonds is 8. The van der Waals surface area contributed by atoms with Crippen LogP contribution in [0.5, 0.6) is 5.88 Å². The summed E-state index contributed by atoms with van der Waals surface area (Å²) >= 11 is 0. The Hall–Kier alpha value is -2.09. The van der Waals surface area contributed by atoms with Crippen molar-refractivity contribution in [1.29, 1.82) is 0 Å². The van der Waals surface area contributed by atoms with Gasteiger partial charge in [0, 0.05) is 26.6 Å². The minimum Gasteiger partial charge on any atom is -0.479 e. The smallest absolute Gasteiger partial charge is 0.242 e. The van der Waals surface area contributed by atoms with Crippen LogP contribution in [-0.4, -0.2) is 49.8 Å². The molecule has 0 saturated carbocycles. The molecule has 0 radical (unpaired) electrons. The second-order valence-corrected chi connectivity index (χ2v) is 3.66. The fourth-order valence-corrected chi connectivity index (χ4v) is 1.36. The maximum atomic E-state index is 11.4. The van der Waals surface area contributed by atoms with E-state index in [0.717, 1.165) is 0 Å². The van der Waals surface area contributed by atoms with Crippen LogP contribution in [0.25, 0.3) is 0 Å². The van der Waals surface area contributed by atoms with Gasteiger partial charge in [-0.1, -0.05) is 0 Å². The van der Waals surface area contributed by atoms with Crippen LogP contribution in [0.1, 0.15) is 6.42 Å². The van der Waals surface area contributed by atoms with Gasteiger partial charge in [-0.05, 0) is 0 Å². The van der Waals surface area contributed by atoms with Crippen molar-refractivity contribution in [2.45, 2.75) is 6.42 Å². The highest BCUT2D eigenvalue weighted by Crippen LogP contribution is 2.23. The predicted octanol–water partition coefficient (Wildman–Crippen LogP) is -0.368. The summed E-state index contributed by atoms with van der Waals surface area (Å²) in [7, 11) is 3.06. The molecule has 8 nitrogen and oxygen atoms in total. The normalized spacial score (nSPS) is 10.0. The Kier molecular flexibility index (Phi) is 6.37. The van der Waals surface area contributed by atoms with Crippen molar-refractivity contribution in [3.63, 3.8) is 0 Å². The standard InChI is InChI=1S/C11H19N5O3/c1-18-6-5-13-8(17)3-4-14-10-9(12)11(19-2)16-7-15-10/h7H,3-6,12H2,1-2H3,(H,13,17)(H,14,15,16). The molecule has 0 aliphatic heterocycles. The SMILES string of the molecule is COCCNC(=O)CCNc1ncnc(OC)c1N. The highest BCUT2D eigenvalue weighted by molar-refractivity contribution is 5.76. The largest absolute Gasteiger partial charge is 0.479 e. The van der Waals surface area contributed by atoms with Gasteiger partial charge in [0.05, 0.1) is 13.7 Å². The third-order valence-corrected chi connectivity index (χ3v) is 2.31. The fourth-order valence-electron chi connectivity index (χ4n) is 1.36. The zero-order chi connectivity index (χ0) is 14.1. The summed E-state index contributed by atoms with van der Waals surface area (Å²) in [6.07, 6.45) is 1.66. The second kappa shape index (κ2) is 8.09. The first-order chi connectivity index (χ1) is 9.19. The van der Waals surface area contributed by atoms with Gasteiger partial charge in [-0.2, -0.15) is 4.98 Å². The molecule has 1 amide bonds. The maximum Gasteiger partial charge on any atom is 0.242 e. The van der Waals surface area contributed by atoms with Crippen molar-refractivity contribution >= 4 is 17.4 Å². The van der Waals surface area contributed by atoms with Crippen molar-refractivity contribution < 1.29 is 14.3 Å². The molecule has 106 valence electrons. The molecule has 1 aromatic rings. The van der Waals surface area contributed by atoms with Crippen LogP contribution in [0, 0.1) is 0 Å². The van der Waals surface area contributed by atoms with Crippen molar-refractivity contribution in [1.82, 2.24) is 15.3 Å². The van der Waals surface area contributed by atoms with Gasteiger partial charge in [0.25, 0.3) is 0 Å². The van der Waals surface area contributed by atoms with Crippen molar-refractivity contribution in [3.05, 3.63) is 6.33 Å². The first kappa shape index (κ1) is 15.0. The van der Waals surface area contributed by atoms with E-state index in [1.54, 1.807) is 7.11 Å². The maximum absolute atomic E-state index is 11.4. The lowest BCUT2D eigenvalue weighted by atomic mass is 10.3. The van der Waals surface area contributed by atoms with Gasteiger partial charge in [0.15, 0.2) is 5.82 Å². The van der Waals surface area contributed by atoms with Gasteiger partial charge < -0.3 is 25.8 Å². The van der Waals surface area contributed by atoms with Crippen LogP contribution in [-0.2, 0) is 9.53 Å². The number of nitrogens with zero attached hydrogens (tertiary/aromatic N) is 2. The minimum absolute atomic E-state index is 0.0656. The topological polar surface area (TPSA) is 111 Å². The summed E-state index contributed by atoms with van der Waals surface area (Å²) in [6.45, 7) is 1.41. The van der Waals surface area contributed by atoms with Crippen molar-refractivity contribution in [3.8, 4) is 5.88 Å². The van der Waals surface area contributed by atoms with Crippen molar-refractivity contribution in [2.75, 3.05) is 45.0 Å². The molecular weight excluding hydrogens is 250 g/mol. The van der Waals surface area contributed by atoms with Gasteiger partial charge in [-0.25, -0.2) is 4.98 Å². The van der Waals surface area contributed by atoms with Crippen LogP contribution in [0.3, 0.4) is 0 Å². The van der Waals surface area contributed by atoms with E-state index in [1.165, 1.54) is 13.4 Å². The van der Waals surface area contributed by atoms with Crippen LogP contribution < -0.4 is 21.1 Å². The number of anilines is 2. The molecule has 0 saturated heterocycles. The number of nitrogens with one attached hydrogen (secondary N) is 2. The van der Waals surface area contributed by atoms with Gasteiger partial charge in [-0.15, -0.1) is 0 Å². The molecule has 19 heavy (non-hydrogen) atoms. The number of amides is 1. The average molecular weight is 269 g/mol. The van der Waals surface area contributed by atoms with E-state index < -0.39 is 0 Å². The van der Waals surface area contributed by atoms with Gasteiger partial charge >= 0.3 is 0 Å². The predicted molar refractivity (Wildman–Crippen MR) is 71.0 cm³/mol. The zero-order valence-corrected chi connectivity index (χ0v) is 11.1. The Morgan fingerprint density at radius 1 is 1.37 bits per heavy atom. The van der Waals surface area contributed by atoms with E-state index in [-0.39, 0.29) is 5.91 Å². The molecule has 1 heterocycles. The molecule has 1 aromatic heterocycles. The summed E-state index contributed by atoms with van der Waals surface area (Å²) in [5.41, 5.74) is 6.10. The number of methoxy groups -OCH3 is 2. The summed E-state index contributed by atoms with van der Waals surface area (Å²) in [4.78, 5) is 19.3. The number of hydrogen-bond acceptors (Lipinski definition) is 7. The van der Waals surface area contributed by atoms with Crippen LogP contribution in [0.2, 0.25) is 0 Å². The third-order valence-electron chi connectivity index (χ3n) is 2.31. The van der Waals surface area contributed by atoms with Crippen LogP contribution in [0.15, 0.2) is 6.33 Å². The van der Waals surface area contributed by atoms with Crippen LogP contribution >= 0.6 is 0 Å². The molecule has 0 atom stereocenters. The highest BCUT2D eigenvalue weighted by Gasteiger charge is 2.08. The van der Waals surface area contributed by atoms with Gasteiger partial charge in [0.2, 0.25) is 11.8 Å². The minimum atomic E-state index is -0.0656. The monoisotopic (exact) mass is 269 g/mol. The Labute approximate surface area is 111 Å². The first-order valence-corrected chi connectivity index (χ1v) is 5.83. The van der Waals surface area contributed by atoms with Gasteiger partial charge in [0.1, 0.15) is 12.0 Å². The highest BCUT2D eigenvalue weighted by atomic mass is 16.5. The molecular formula is C11H19N5O3. The number of aromatic nitrogens is 2. The zero-order valence-electron chi connectivity index (χ0n) is 11.1. The number of ether oxygens (including phenoxy) is 2. The van der Waals surface area contributed by atoms with E-state index in [2.05, 4.69) is 20.6 Å². The molecule has 0 aliphatic rings. The first-order valence-electron chi connectivity index (χ1n) is 5.83. The van der Waals surface area contributed by atoms with E-state index >= 15 is 0 Å². The Morgan fingerprint density at radius 2 is 2.16 bits per heavy atom. The lowest BCUT2D eigenvalue weighted by Crippen LogP contribution is -2.28. The molecule has 1 rings (SSSR count). The van der Waals surface area contributed by atoms with E-state index in [9.17, 15) is 4.79 Å². The number of nitrogen functional groups attached to an aromatic ring is 1. The second-order valence-electron chi connectivity index (χ2n) is 3.66. The van der Waals surface area contributed by atoms with Crippen molar-refractivity contribution in [2.24, 2.45) is 0 Å². The van der Waals surface area contributed by atoms with Gasteiger partial charge in [-0.3, -0.25) is 4.79 Å². The number of nitrogens with two attached hydrogens (primary N) is 1. The number of carbonyl (C=O) groups is 1. The number of hydrogen-bond donors (Lipinski definition) is 3. The summed E-state index contributed by atoms with van der Waals surface area (Å²) in [5.74, 6) is 0.697. The summed E-state index contributed by atoms with van der Waals surface area (Å²) < 4.78 is 9.80. The Balaban J connectivity index is 2.35. The van der Waals surface area contributed by atoms with Crippen LogP contribution in [0.4, 0.5) is 11.5 Å². The molecule has 0 aliphatic carbocycles. The molecule has 0 aromatic carbocycles. The lowest BCUT2D eigenvalue weighted by molar-refractivity contribution is -0.121. The average Bonchev–Trinajstić information content (AvgIpc) is 2.41. The number of carbonyl (C=O) groups excluding carboxylic acids is 1. The third kappa shape index (κ3) is 4.96. The van der Waals surface area contributed by atoms with E-state index in [0.29, 0.717) is 43.5 Å². The Morgan fingerprint density at radius 3 is 2.84 bits per heavy atom. The molecule has 8 heteroatoms. The van der Waals surface area contributed by atoms with E-state index in [1.807, 2.05) is 0 Å². The summed E-state index contributed by atoms with van der Waals surface area (Å²) in [6, 6.07) is 0. The molecule has 0 unspecified atom stereocenters. The lowest BCUT2D eigenvalue weighted by Gasteiger charge is -2.10. The molecule has 0 spiro atoms. The molecule has 0 fully saturated rings. The quantitative estimate of drug-likeness (QED) is 0.552. The van der Waals surface area contributed by atoms with E-state index in [4.69, 9.17) is 15.2 Å². The molecule has 0 bridgehead atoms. The molecule has 4 N–H and O–H groups in total. The fraction of sp³-hybridized carbons (Fsp3) is 0.545. The summed E-state index contributed by atoms with van der Waals surface area (Å²) in [5, 5.41) is 5.68. The Bertz CT molecular complexity index is 413.